The summed E-state index contributed by atoms with van der Waals surface area (Å²) in [5, 5.41) is 0.859. The molecule has 2 aromatic rings. The van der Waals surface area contributed by atoms with Gasteiger partial charge in [0.05, 0.1) is 12.0 Å². The molecule has 26 heavy (non-hydrogen) atoms. The molecular weight excluding hydrogens is 378 g/mol. The first kappa shape index (κ1) is 22.3. The van der Waals surface area contributed by atoms with Crippen LogP contribution in [-0.2, 0) is 14.8 Å². The Balaban J connectivity index is 0.00000338. The Kier molecular flexibility index (Phi) is 7.12. The minimum absolute atomic E-state index is 0. The topological polar surface area (TPSA) is 103 Å². The molecule has 0 aliphatic carbocycles. The average molecular weight is 402 g/mol. The fourth-order valence-corrected chi connectivity index (χ4v) is 4.14. The number of hydrogen-bond acceptors (Lipinski definition) is 6. The van der Waals surface area contributed by atoms with Gasteiger partial charge >= 0.3 is 5.97 Å². The van der Waals surface area contributed by atoms with Crippen molar-refractivity contribution in [3.8, 4) is 0 Å². The predicted octanol–water partition coefficient (Wildman–Crippen LogP) is 2.05. The van der Waals surface area contributed by atoms with Gasteiger partial charge in [-0.2, -0.15) is 0 Å². The molecule has 7 nitrogen and oxygen atoms in total. The number of pyridine rings is 1. The van der Waals surface area contributed by atoms with E-state index in [2.05, 4.69) is 4.98 Å². The van der Waals surface area contributed by atoms with Gasteiger partial charge in [-0.25, -0.2) is 22.5 Å². The van der Waals surface area contributed by atoms with Crippen molar-refractivity contribution in [1.82, 2.24) is 9.29 Å². The molecule has 2 N–H and O–H groups in total. The number of halogens is 1. The first-order chi connectivity index (χ1) is 11.6. The number of rotatable bonds is 6. The Morgan fingerprint density at radius 3 is 2.50 bits per heavy atom. The number of sulfonamides is 1. The smallest absolute Gasteiger partial charge is 0.357 e. The van der Waals surface area contributed by atoms with Crippen LogP contribution in [-0.4, -0.2) is 50.9 Å². The number of esters is 1. The number of nitrogens with two attached hydrogens (primary N) is 1. The number of hydrogen-bond donors (Lipinski definition) is 1. The zero-order valence-corrected chi connectivity index (χ0v) is 16.9. The molecule has 1 aromatic heterocycles. The second-order valence-corrected chi connectivity index (χ2v) is 8.65. The molecule has 1 aromatic carbocycles. The highest BCUT2D eigenvalue weighted by Crippen LogP contribution is 2.28. The Hall–Kier alpha value is -1.74. The number of nitrogens with zero attached hydrogens (tertiary/aromatic N) is 2. The molecule has 0 atom stereocenters. The summed E-state index contributed by atoms with van der Waals surface area (Å²) in [4.78, 5) is 16.0. The second kappa shape index (κ2) is 8.30. The zero-order chi connectivity index (χ0) is 18.8. The molecule has 0 spiro atoms. The Morgan fingerprint density at radius 2 is 1.92 bits per heavy atom. The van der Waals surface area contributed by atoms with Gasteiger partial charge in [-0.15, -0.1) is 12.4 Å². The lowest BCUT2D eigenvalue weighted by atomic mass is 9.94. The fraction of sp³-hybridized carbons (Fsp3) is 0.412. The average Bonchev–Trinajstić information content (AvgIpc) is 2.59. The normalized spacial score (nSPS) is 12.1. The van der Waals surface area contributed by atoms with Gasteiger partial charge in [-0.3, -0.25) is 0 Å². The minimum atomic E-state index is -3.76. The molecule has 9 heteroatoms. The molecule has 0 aliphatic rings. The van der Waals surface area contributed by atoms with E-state index >= 15 is 0 Å². The van der Waals surface area contributed by atoms with E-state index in [4.69, 9.17) is 10.5 Å². The molecule has 1 heterocycles. The lowest BCUT2D eigenvalue weighted by Crippen LogP contribution is -2.39. The summed E-state index contributed by atoms with van der Waals surface area (Å²) in [6.45, 7) is 4.44. The lowest BCUT2D eigenvalue weighted by molar-refractivity contribution is 0.0596. The highest BCUT2D eigenvalue weighted by molar-refractivity contribution is 7.89. The molecule has 0 amide bonds. The summed E-state index contributed by atoms with van der Waals surface area (Å²) in [6, 6.07) is 6.34. The summed E-state index contributed by atoms with van der Waals surface area (Å²) in [5.41, 5.74) is 5.44. The Morgan fingerprint density at radius 1 is 1.27 bits per heavy atom. The maximum absolute atomic E-state index is 13.0. The second-order valence-electron chi connectivity index (χ2n) is 6.63. The van der Waals surface area contributed by atoms with E-state index in [1.165, 1.54) is 30.7 Å². The number of carbonyl (C=O) groups excluding carboxylic acids is 1. The van der Waals surface area contributed by atoms with E-state index in [9.17, 15) is 13.2 Å². The maximum atomic E-state index is 13.0. The quantitative estimate of drug-likeness (QED) is 0.743. The van der Waals surface area contributed by atoms with Crippen molar-refractivity contribution in [1.29, 1.82) is 0 Å². The van der Waals surface area contributed by atoms with Gasteiger partial charge in [0.15, 0.2) is 5.69 Å². The van der Waals surface area contributed by atoms with E-state index in [-0.39, 0.29) is 35.0 Å². The maximum Gasteiger partial charge on any atom is 0.357 e. The molecule has 0 fully saturated rings. The van der Waals surface area contributed by atoms with Gasteiger partial charge < -0.3 is 10.5 Å². The molecule has 0 saturated heterocycles. The lowest BCUT2D eigenvalue weighted by Gasteiger charge is -2.28. The zero-order valence-electron chi connectivity index (χ0n) is 15.2. The van der Waals surface area contributed by atoms with Crippen LogP contribution in [0, 0.1) is 5.41 Å². The highest BCUT2D eigenvalue weighted by atomic mass is 35.5. The molecular formula is C17H24ClN3O4S. The van der Waals surface area contributed by atoms with E-state index in [0.29, 0.717) is 17.3 Å². The molecule has 0 radical (unpaired) electrons. The van der Waals surface area contributed by atoms with Crippen molar-refractivity contribution < 1.29 is 17.9 Å². The van der Waals surface area contributed by atoms with Gasteiger partial charge in [-0.1, -0.05) is 26.0 Å². The first-order valence-electron chi connectivity index (χ1n) is 7.76. The van der Waals surface area contributed by atoms with Crippen molar-refractivity contribution in [2.75, 3.05) is 27.2 Å². The third kappa shape index (κ3) is 4.32. The fourth-order valence-electron chi connectivity index (χ4n) is 2.58. The Labute approximate surface area is 160 Å². The molecule has 0 unspecified atom stereocenters. The van der Waals surface area contributed by atoms with E-state index in [1.807, 2.05) is 13.8 Å². The number of fused-ring (bicyclic) bond motifs is 1. The van der Waals surface area contributed by atoms with Crippen LogP contribution in [0.1, 0.15) is 24.3 Å². The van der Waals surface area contributed by atoms with Crippen molar-refractivity contribution in [3.05, 3.63) is 36.2 Å². The van der Waals surface area contributed by atoms with Gasteiger partial charge in [0, 0.05) is 30.6 Å². The van der Waals surface area contributed by atoms with E-state index in [1.54, 1.807) is 18.2 Å². The van der Waals surface area contributed by atoms with Crippen LogP contribution in [0.25, 0.3) is 10.8 Å². The number of ether oxygens (including phenoxy) is 1. The van der Waals surface area contributed by atoms with Gasteiger partial charge in [0.1, 0.15) is 0 Å². The van der Waals surface area contributed by atoms with Crippen LogP contribution in [0.3, 0.4) is 0 Å². The molecule has 144 valence electrons. The Bertz CT molecular complexity index is 900. The van der Waals surface area contributed by atoms with Crippen LogP contribution in [0.4, 0.5) is 0 Å². The number of benzene rings is 1. The molecule has 0 bridgehead atoms. The SMILES string of the molecule is COC(=O)c1nccc2c(S(=O)(=O)N(C)CC(C)(C)CN)cccc12.Cl. The third-order valence-corrected chi connectivity index (χ3v) is 5.90. The summed E-state index contributed by atoms with van der Waals surface area (Å²) in [7, 11) is -0.982. The number of aromatic nitrogens is 1. The highest BCUT2D eigenvalue weighted by Gasteiger charge is 2.29. The summed E-state index contributed by atoms with van der Waals surface area (Å²) >= 11 is 0. The van der Waals surface area contributed by atoms with Crippen LogP contribution < -0.4 is 5.73 Å². The third-order valence-electron chi connectivity index (χ3n) is 4.04. The number of carbonyl (C=O) groups is 1. The summed E-state index contributed by atoms with van der Waals surface area (Å²) in [6.07, 6.45) is 1.40. The molecule has 0 saturated carbocycles. The van der Waals surface area contributed by atoms with Crippen molar-refractivity contribution >= 4 is 39.2 Å². The van der Waals surface area contributed by atoms with Crippen LogP contribution >= 0.6 is 12.4 Å². The van der Waals surface area contributed by atoms with E-state index < -0.39 is 16.0 Å². The van der Waals surface area contributed by atoms with Gasteiger partial charge in [0.25, 0.3) is 0 Å². The predicted molar refractivity (Wildman–Crippen MR) is 103 cm³/mol. The van der Waals surface area contributed by atoms with Crippen molar-refractivity contribution in [3.63, 3.8) is 0 Å². The van der Waals surface area contributed by atoms with Gasteiger partial charge in [0.2, 0.25) is 10.0 Å². The van der Waals surface area contributed by atoms with Crippen LogP contribution in [0.5, 0.6) is 0 Å². The largest absolute Gasteiger partial charge is 0.464 e. The minimum Gasteiger partial charge on any atom is -0.464 e. The first-order valence-corrected chi connectivity index (χ1v) is 9.20. The monoisotopic (exact) mass is 401 g/mol. The standard InChI is InChI=1S/C17H23N3O4S.ClH/c1-17(2,10-18)11-20(3)25(22,23)14-7-5-6-13-12(14)8-9-19-15(13)16(21)24-4;/h5-9H,10-11,18H2,1-4H3;1H. The van der Waals surface area contributed by atoms with Crippen LogP contribution in [0.2, 0.25) is 0 Å². The molecule has 2 rings (SSSR count). The summed E-state index contributed by atoms with van der Waals surface area (Å²) < 4.78 is 32.1. The van der Waals surface area contributed by atoms with Crippen molar-refractivity contribution in [2.24, 2.45) is 11.1 Å². The molecule has 0 aliphatic heterocycles. The number of methoxy groups -OCH3 is 1. The van der Waals surface area contributed by atoms with Gasteiger partial charge in [-0.05, 0) is 24.1 Å². The van der Waals surface area contributed by atoms with Crippen LogP contribution in [0.15, 0.2) is 35.4 Å². The van der Waals surface area contributed by atoms with Crippen molar-refractivity contribution in [2.45, 2.75) is 18.7 Å². The summed E-state index contributed by atoms with van der Waals surface area (Å²) in [5.74, 6) is -0.613. The van der Waals surface area contributed by atoms with E-state index in [0.717, 1.165) is 0 Å².